The van der Waals surface area contributed by atoms with Crippen molar-refractivity contribution in [1.29, 1.82) is 0 Å². The van der Waals surface area contributed by atoms with Crippen molar-refractivity contribution in [3.63, 3.8) is 0 Å². The molecule has 0 aromatic heterocycles. The number of anilines is 1. The van der Waals surface area contributed by atoms with Crippen molar-refractivity contribution in [2.24, 2.45) is 0 Å². The van der Waals surface area contributed by atoms with Crippen LogP contribution in [-0.4, -0.2) is 20.1 Å². The average molecular weight is 227 g/mol. The Hall–Kier alpha value is -1.26. The summed E-state index contributed by atoms with van der Waals surface area (Å²) in [5.41, 5.74) is 1.61. The quantitative estimate of drug-likeness (QED) is 0.805. The summed E-state index contributed by atoms with van der Waals surface area (Å²) in [5, 5.41) is 6.17. The molecule has 0 saturated carbocycles. The number of carbonyl (C=O) groups excluding carboxylic acids is 1. The summed E-state index contributed by atoms with van der Waals surface area (Å²) < 4.78 is 5.10. The molecular formula is C10H11ClN2O2. The van der Waals surface area contributed by atoms with E-state index in [1.165, 1.54) is 0 Å². The van der Waals surface area contributed by atoms with Crippen LogP contribution in [0.5, 0.6) is 5.75 Å². The molecule has 1 amide bonds. The fraction of sp³-hybridized carbons (Fsp3) is 0.300. The normalized spacial score (nSPS) is 18.6. The van der Waals surface area contributed by atoms with Crippen LogP contribution >= 0.6 is 11.6 Å². The third-order valence-corrected chi connectivity index (χ3v) is 2.74. The van der Waals surface area contributed by atoms with Crippen molar-refractivity contribution < 1.29 is 9.53 Å². The van der Waals surface area contributed by atoms with Crippen molar-refractivity contribution in [2.45, 2.75) is 6.04 Å². The standard InChI is InChI=1S/C10H11ClN2O2/c1-12-9-5-3-8(15-2)6(11)4-7(5)13-10(9)14/h3-4,9,12H,1-2H3,(H,13,14). The zero-order valence-corrected chi connectivity index (χ0v) is 9.18. The van der Waals surface area contributed by atoms with Gasteiger partial charge in [-0.2, -0.15) is 0 Å². The maximum atomic E-state index is 11.5. The minimum atomic E-state index is -0.328. The molecule has 2 rings (SSSR count). The average Bonchev–Trinajstić information content (AvgIpc) is 2.51. The fourth-order valence-corrected chi connectivity index (χ4v) is 1.95. The second kappa shape index (κ2) is 3.72. The molecule has 4 nitrogen and oxygen atoms in total. The third kappa shape index (κ3) is 1.56. The van der Waals surface area contributed by atoms with E-state index in [1.54, 1.807) is 26.3 Å². The van der Waals surface area contributed by atoms with Gasteiger partial charge in [0.2, 0.25) is 5.91 Å². The molecule has 1 aliphatic rings. The van der Waals surface area contributed by atoms with Gasteiger partial charge in [-0.1, -0.05) is 11.6 Å². The summed E-state index contributed by atoms with van der Waals surface area (Å²) in [4.78, 5) is 11.5. The third-order valence-electron chi connectivity index (χ3n) is 2.44. The Kier molecular flexibility index (Phi) is 2.54. The van der Waals surface area contributed by atoms with Crippen LogP contribution in [0.3, 0.4) is 0 Å². The van der Waals surface area contributed by atoms with E-state index in [4.69, 9.17) is 16.3 Å². The van der Waals surface area contributed by atoms with Gasteiger partial charge in [-0.25, -0.2) is 0 Å². The lowest BCUT2D eigenvalue weighted by molar-refractivity contribution is -0.117. The first-order chi connectivity index (χ1) is 7.17. The first-order valence-electron chi connectivity index (χ1n) is 4.53. The van der Waals surface area contributed by atoms with E-state index in [9.17, 15) is 4.79 Å². The minimum absolute atomic E-state index is 0.0724. The first kappa shape index (κ1) is 10.3. The van der Waals surface area contributed by atoms with Crippen LogP contribution < -0.4 is 15.4 Å². The number of fused-ring (bicyclic) bond motifs is 1. The van der Waals surface area contributed by atoms with Crippen molar-refractivity contribution >= 4 is 23.2 Å². The SMILES string of the molecule is CNC1C(=O)Nc2cc(Cl)c(OC)cc21. The molecule has 1 heterocycles. The Morgan fingerprint density at radius 2 is 2.27 bits per heavy atom. The van der Waals surface area contributed by atoms with Crippen molar-refractivity contribution in [2.75, 3.05) is 19.5 Å². The zero-order chi connectivity index (χ0) is 11.0. The number of carbonyl (C=O) groups is 1. The summed E-state index contributed by atoms with van der Waals surface area (Å²) in [6.45, 7) is 0. The smallest absolute Gasteiger partial charge is 0.246 e. The van der Waals surface area contributed by atoms with Gasteiger partial charge in [-0.05, 0) is 19.2 Å². The minimum Gasteiger partial charge on any atom is -0.495 e. The van der Waals surface area contributed by atoms with Gasteiger partial charge in [0.05, 0.1) is 12.1 Å². The van der Waals surface area contributed by atoms with Crippen LogP contribution in [0.15, 0.2) is 12.1 Å². The summed E-state index contributed by atoms with van der Waals surface area (Å²) in [7, 11) is 3.28. The molecule has 1 aliphatic heterocycles. The van der Waals surface area contributed by atoms with E-state index in [-0.39, 0.29) is 11.9 Å². The molecular weight excluding hydrogens is 216 g/mol. The van der Waals surface area contributed by atoms with E-state index in [0.29, 0.717) is 10.8 Å². The van der Waals surface area contributed by atoms with Crippen LogP contribution in [0.4, 0.5) is 5.69 Å². The Labute approximate surface area is 92.6 Å². The molecule has 1 aromatic carbocycles. The van der Waals surface area contributed by atoms with Crippen LogP contribution in [0.1, 0.15) is 11.6 Å². The number of benzene rings is 1. The Morgan fingerprint density at radius 3 is 2.87 bits per heavy atom. The van der Waals surface area contributed by atoms with Crippen LogP contribution in [-0.2, 0) is 4.79 Å². The maximum absolute atomic E-state index is 11.5. The molecule has 80 valence electrons. The monoisotopic (exact) mass is 226 g/mol. The van der Waals surface area contributed by atoms with Crippen LogP contribution in [0, 0.1) is 0 Å². The fourth-order valence-electron chi connectivity index (χ4n) is 1.71. The number of methoxy groups -OCH3 is 1. The van der Waals surface area contributed by atoms with Gasteiger partial charge in [-0.15, -0.1) is 0 Å². The highest BCUT2D eigenvalue weighted by Crippen LogP contribution is 2.38. The van der Waals surface area contributed by atoms with Crippen LogP contribution in [0.25, 0.3) is 0 Å². The maximum Gasteiger partial charge on any atom is 0.246 e. The highest BCUT2D eigenvalue weighted by atomic mass is 35.5. The summed E-state index contributed by atoms with van der Waals surface area (Å²) in [5.74, 6) is 0.504. The number of amides is 1. The van der Waals surface area contributed by atoms with Gasteiger partial charge in [0.1, 0.15) is 11.8 Å². The van der Waals surface area contributed by atoms with Gasteiger partial charge in [0, 0.05) is 11.3 Å². The topological polar surface area (TPSA) is 50.4 Å². The Bertz CT molecular complexity index is 420. The van der Waals surface area contributed by atoms with Gasteiger partial charge in [0.25, 0.3) is 0 Å². The molecule has 0 radical (unpaired) electrons. The lowest BCUT2D eigenvalue weighted by atomic mass is 10.1. The second-order valence-electron chi connectivity index (χ2n) is 3.28. The van der Waals surface area contributed by atoms with E-state index in [2.05, 4.69) is 10.6 Å². The highest BCUT2D eigenvalue weighted by molar-refractivity contribution is 6.32. The number of hydrogen-bond donors (Lipinski definition) is 2. The van der Waals surface area contributed by atoms with Gasteiger partial charge in [0.15, 0.2) is 0 Å². The molecule has 1 unspecified atom stereocenters. The van der Waals surface area contributed by atoms with Crippen molar-refractivity contribution in [3.8, 4) is 5.75 Å². The zero-order valence-electron chi connectivity index (χ0n) is 8.43. The van der Waals surface area contributed by atoms with Gasteiger partial charge >= 0.3 is 0 Å². The van der Waals surface area contributed by atoms with Gasteiger partial charge in [-0.3, -0.25) is 4.79 Å². The summed E-state index contributed by atoms with van der Waals surface area (Å²) in [6, 6.07) is 3.15. The summed E-state index contributed by atoms with van der Waals surface area (Å²) >= 11 is 5.95. The molecule has 0 fully saturated rings. The number of halogens is 1. The van der Waals surface area contributed by atoms with Crippen LogP contribution in [0.2, 0.25) is 5.02 Å². The number of nitrogens with one attached hydrogen (secondary N) is 2. The highest BCUT2D eigenvalue weighted by Gasteiger charge is 2.30. The summed E-state index contributed by atoms with van der Waals surface area (Å²) in [6.07, 6.45) is 0. The number of hydrogen-bond acceptors (Lipinski definition) is 3. The van der Waals surface area contributed by atoms with Crippen molar-refractivity contribution in [3.05, 3.63) is 22.7 Å². The Balaban J connectivity index is 2.51. The van der Waals surface area contributed by atoms with Gasteiger partial charge < -0.3 is 15.4 Å². The largest absolute Gasteiger partial charge is 0.495 e. The van der Waals surface area contributed by atoms with Crippen molar-refractivity contribution in [1.82, 2.24) is 5.32 Å². The predicted octanol–water partition coefficient (Wildman–Crippen LogP) is 1.56. The molecule has 0 aliphatic carbocycles. The predicted molar refractivity (Wildman–Crippen MR) is 58.4 cm³/mol. The van der Waals surface area contributed by atoms with E-state index in [0.717, 1.165) is 11.3 Å². The second-order valence-corrected chi connectivity index (χ2v) is 3.69. The lowest BCUT2D eigenvalue weighted by Gasteiger charge is -2.09. The van der Waals surface area contributed by atoms with E-state index in [1.807, 2.05) is 0 Å². The molecule has 0 bridgehead atoms. The number of rotatable bonds is 2. The molecule has 2 N–H and O–H groups in total. The van der Waals surface area contributed by atoms with E-state index < -0.39 is 0 Å². The first-order valence-corrected chi connectivity index (χ1v) is 4.90. The molecule has 15 heavy (non-hydrogen) atoms. The molecule has 1 aromatic rings. The van der Waals surface area contributed by atoms with E-state index >= 15 is 0 Å². The number of likely N-dealkylation sites (N-methyl/N-ethyl adjacent to an activating group) is 1. The molecule has 5 heteroatoms. The molecule has 0 saturated heterocycles. The molecule has 1 atom stereocenters. The lowest BCUT2D eigenvalue weighted by Crippen LogP contribution is -2.23. The number of ether oxygens (including phenoxy) is 1. The molecule has 0 spiro atoms. The Morgan fingerprint density at radius 1 is 1.53 bits per heavy atom.